The summed E-state index contributed by atoms with van der Waals surface area (Å²) >= 11 is 0. The van der Waals surface area contributed by atoms with Crippen molar-refractivity contribution in [2.24, 2.45) is 5.73 Å². The molecule has 0 aromatic heterocycles. The molecule has 19 heavy (non-hydrogen) atoms. The molecule has 0 aliphatic carbocycles. The average molecular weight is 257 g/mol. The molecule has 2 rings (SSSR count). The highest BCUT2D eigenvalue weighted by Gasteiger charge is 2.10. The van der Waals surface area contributed by atoms with Crippen molar-refractivity contribution in [3.63, 3.8) is 0 Å². The minimum Gasteiger partial charge on any atom is -0.324 e. The summed E-state index contributed by atoms with van der Waals surface area (Å²) in [7, 11) is 0. The van der Waals surface area contributed by atoms with E-state index < -0.39 is 0 Å². The molecule has 1 unspecified atom stereocenters. The van der Waals surface area contributed by atoms with Crippen LogP contribution in [-0.2, 0) is 0 Å². The predicted octanol–water partition coefficient (Wildman–Crippen LogP) is 4.64. The molecule has 0 saturated carbocycles. The van der Waals surface area contributed by atoms with Gasteiger partial charge in [0, 0.05) is 6.04 Å². The zero-order valence-electron chi connectivity index (χ0n) is 11.7. The highest BCUT2D eigenvalue weighted by molar-refractivity contribution is 5.68. The van der Waals surface area contributed by atoms with Gasteiger partial charge < -0.3 is 5.73 Å². The number of nitrogens with two attached hydrogens (primary N) is 1. The maximum Gasteiger partial charge on any atom is 0.123 e. The second-order valence-electron chi connectivity index (χ2n) is 5.30. The zero-order valence-corrected chi connectivity index (χ0v) is 11.7. The second-order valence-corrected chi connectivity index (χ2v) is 5.30. The lowest BCUT2D eigenvalue weighted by Crippen LogP contribution is -2.07. The van der Waals surface area contributed by atoms with Gasteiger partial charge >= 0.3 is 0 Å². The van der Waals surface area contributed by atoms with Crippen LogP contribution in [0.1, 0.15) is 43.9 Å². The van der Waals surface area contributed by atoms with Gasteiger partial charge in [0.15, 0.2) is 0 Å². The number of hydrogen-bond donors (Lipinski definition) is 1. The summed E-state index contributed by atoms with van der Waals surface area (Å²) in [6.45, 7) is 6.23. The first-order valence-electron chi connectivity index (χ1n) is 6.64. The minimum absolute atomic E-state index is 0.111. The molecule has 1 atom stereocenters. The third-order valence-electron chi connectivity index (χ3n) is 3.39. The number of halogens is 1. The molecule has 0 saturated heterocycles. The first-order chi connectivity index (χ1) is 8.99. The molecule has 0 fully saturated rings. The quantitative estimate of drug-likeness (QED) is 0.852. The Morgan fingerprint density at radius 3 is 2.11 bits per heavy atom. The molecule has 0 radical (unpaired) electrons. The van der Waals surface area contributed by atoms with Crippen LogP contribution in [-0.4, -0.2) is 0 Å². The third-order valence-corrected chi connectivity index (χ3v) is 3.39. The first-order valence-corrected chi connectivity index (χ1v) is 6.64. The Hall–Kier alpha value is -1.67. The highest BCUT2D eigenvalue weighted by atomic mass is 19.1. The summed E-state index contributed by atoms with van der Waals surface area (Å²) in [5.74, 6) is 0.266. The minimum atomic E-state index is -0.229. The maximum atomic E-state index is 13.5. The Labute approximate surface area is 114 Å². The summed E-state index contributed by atoms with van der Waals surface area (Å²) in [6.07, 6.45) is 0. The van der Waals surface area contributed by atoms with Gasteiger partial charge in [-0.1, -0.05) is 44.2 Å². The van der Waals surface area contributed by atoms with Crippen LogP contribution in [0, 0.1) is 5.82 Å². The lowest BCUT2D eigenvalue weighted by Gasteiger charge is -2.14. The van der Waals surface area contributed by atoms with Gasteiger partial charge in [-0.3, -0.25) is 0 Å². The predicted molar refractivity (Wildman–Crippen MR) is 78.5 cm³/mol. The lowest BCUT2D eigenvalue weighted by molar-refractivity contribution is 0.626. The van der Waals surface area contributed by atoms with E-state index in [-0.39, 0.29) is 11.9 Å². The third kappa shape index (κ3) is 3.02. The van der Waals surface area contributed by atoms with Gasteiger partial charge in [0.25, 0.3) is 0 Å². The molecular formula is C17H20FN. The fraction of sp³-hybridized carbons (Fsp3) is 0.294. The Balaban J connectivity index is 2.48. The lowest BCUT2D eigenvalue weighted by atomic mass is 9.93. The van der Waals surface area contributed by atoms with Crippen LogP contribution < -0.4 is 5.73 Å². The van der Waals surface area contributed by atoms with E-state index in [1.165, 1.54) is 11.6 Å². The fourth-order valence-corrected chi connectivity index (χ4v) is 2.22. The Bertz CT molecular complexity index is 556. The molecule has 0 aliphatic heterocycles. The second kappa shape index (κ2) is 5.54. The van der Waals surface area contributed by atoms with E-state index in [4.69, 9.17) is 5.73 Å². The SMILES string of the molecule is CC(C)c1ccc(-c2cc(F)ccc2C(C)N)cc1. The van der Waals surface area contributed by atoms with Crippen molar-refractivity contribution in [3.8, 4) is 11.1 Å². The molecule has 1 nitrogen and oxygen atoms in total. The number of hydrogen-bond acceptors (Lipinski definition) is 1. The summed E-state index contributed by atoms with van der Waals surface area (Å²) < 4.78 is 13.5. The fourth-order valence-electron chi connectivity index (χ4n) is 2.22. The van der Waals surface area contributed by atoms with Gasteiger partial charge in [-0.2, -0.15) is 0 Å². The zero-order chi connectivity index (χ0) is 14.0. The van der Waals surface area contributed by atoms with Crippen LogP contribution in [0.3, 0.4) is 0 Å². The standard InChI is InChI=1S/C17H20FN/c1-11(2)13-4-6-14(7-5-13)17-10-15(18)8-9-16(17)12(3)19/h4-12H,19H2,1-3H3. The van der Waals surface area contributed by atoms with Crippen LogP contribution in [0.5, 0.6) is 0 Å². The van der Waals surface area contributed by atoms with Crippen molar-refractivity contribution in [2.75, 3.05) is 0 Å². The number of benzene rings is 2. The summed E-state index contributed by atoms with van der Waals surface area (Å²) in [4.78, 5) is 0. The van der Waals surface area contributed by atoms with Crippen molar-refractivity contribution in [3.05, 3.63) is 59.4 Å². The Morgan fingerprint density at radius 2 is 1.58 bits per heavy atom. The van der Waals surface area contributed by atoms with E-state index in [1.807, 2.05) is 19.1 Å². The highest BCUT2D eigenvalue weighted by Crippen LogP contribution is 2.29. The molecular weight excluding hydrogens is 237 g/mol. The van der Waals surface area contributed by atoms with Crippen LogP contribution >= 0.6 is 0 Å². The van der Waals surface area contributed by atoms with Crippen molar-refractivity contribution >= 4 is 0 Å². The van der Waals surface area contributed by atoms with Gasteiger partial charge in [-0.05, 0) is 47.2 Å². The monoisotopic (exact) mass is 257 g/mol. The summed E-state index contributed by atoms with van der Waals surface area (Å²) in [5.41, 5.74) is 10.1. The number of rotatable bonds is 3. The molecule has 2 aromatic rings. The van der Waals surface area contributed by atoms with Crippen LogP contribution in [0.4, 0.5) is 4.39 Å². The largest absolute Gasteiger partial charge is 0.324 e. The van der Waals surface area contributed by atoms with E-state index in [0.29, 0.717) is 5.92 Å². The molecule has 2 N–H and O–H groups in total. The molecule has 0 spiro atoms. The van der Waals surface area contributed by atoms with E-state index in [0.717, 1.165) is 16.7 Å². The summed E-state index contributed by atoms with van der Waals surface area (Å²) in [5, 5.41) is 0. The van der Waals surface area contributed by atoms with Gasteiger partial charge in [-0.25, -0.2) is 4.39 Å². The van der Waals surface area contributed by atoms with Crippen molar-refractivity contribution in [1.29, 1.82) is 0 Å². The molecule has 0 aliphatic rings. The maximum absolute atomic E-state index is 13.5. The summed E-state index contributed by atoms with van der Waals surface area (Å²) in [6, 6.07) is 12.9. The van der Waals surface area contributed by atoms with Crippen molar-refractivity contribution in [1.82, 2.24) is 0 Å². The van der Waals surface area contributed by atoms with Crippen molar-refractivity contribution < 1.29 is 4.39 Å². The smallest absolute Gasteiger partial charge is 0.123 e. The Kier molecular flexibility index (Phi) is 4.01. The van der Waals surface area contributed by atoms with Gasteiger partial charge in [0.05, 0.1) is 0 Å². The molecule has 0 bridgehead atoms. The van der Waals surface area contributed by atoms with E-state index in [9.17, 15) is 4.39 Å². The normalized spacial score (nSPS) is 12.7. The van der Waals surface area contributed by atoms with Crippen molar-refractivity contribution in [2.45, 2.75) is 32.7 Å². The Morgan fingerprint density at radius 1 is 0.947 bits per heavy atom. The first kappa shape index (κ1) is 13.8. The van der Waals surface area contributed by atoms with Crippen LogP contribution in [0.15, 0.2) is 42.5 Å². The van der Waals surface area contributed by atoms with E-state index in [2.05, 4.69) is 26.0 Å². The molecule has 0 heterocycles. The van der Waals surface area contributed by atoms with Gasteiger partial charge in [0.2, 0.25) is 0 Å². The van der Waals surface area contributed by atoms with Gasteiger partial charge in [0.1, 0.15) is 5.82 Å². The molecule has 0 amide bonds. The molecule has 100 valence electrons. The van der Waals surface area contributed by atoms with E-state index in [1.54, 1.807) is 12.1 Å². The average Bonchev–Trinajstić information content (AvgIpc) is 2.38. The van der Waals surface area contributed by atoms with Crippen LogP contribution in [0.25, 0.3) is 11.1 Å². The molecule has 2 aromatic carbocycles. The molecule has 2 heteroatoms. The van der Waals surface area contributed by atoms with Crippen LogP contribution in [0.2, 0.25) is 0 Å². The van der Waals surface area contributed by atoms with E-state index >= 15 is 0 Å². The van der Waals surface area contributed by atoms with Gasteiger partial charge in [-0.15, -0.1) is 0 Å². The topological polar surface area (TPSA) is 26.0 Å².